The Morgan fingerprint density at radius 2 is 2.25 bits per heavy atom. The second-order valence-electron chi connectivity index (χ2n) is 4.49. The summed E-state index contributed by atoms with van der Waals surface area (Å²) in [5, 5.41) is 13.2. The predicted molar refractivity (Wildman–Crippen MR) is 65.7 cm³/mol. The molecule has 4 heteroatoms. The first-order valence-electron chi connectivity index (χ1n) is 6.51. The van der Waals surface area contributed by atoms with Gasteiger partial charge in [-0.05, 0) is 25.9 Å². The van der Waals surface area contributed by atoms with E-state index in [4.69, 9.17) is 4.74 Å². The fourth-order valence-corrected chi connectivity index (χ4v) is 1.90. The summed E-state index contributed by atoms with van der Waals surface area (Å²) in [5.41, 5.74) is 0. The lowest BCUT2D eigenvalue weighted by atomic mass is 10.3. The summed E-state index contributed by atoms with van der Waals surface area (Å²) < 4.78 is 5.42. The third kappa shape index (κ3) is 6.43. The Morgan fingerprint density at radius 1 is 1.38 bits per heavy atom. The first kappa shape index (κ1) is 13.9. The van der Waals surface area contributed by atoms with Gasteiger partial charge in [0.2, 0.25) is 0 Å². The summed E-state index contributed by atoms with van der Waals surface area (Å²) in [6, 6.07) is 0. The number of rotatable bonds is 7. The normalized spacial score (nSPS) is 20.6. The van der Waals surface area contributed by atoms with Crippen molar-refractivity contribution in [2.75, 3.05) is 45.9 Å². The Kier molecular flexibility index (Phi) is 7.76. The molecule has 1 aliphatic rings. The van der Waals surface area contributed by atoms with Gasteiger partial charge in [-0.1, -0.05) is 13.3 Å². The molecule has 0 spiro atoms. The smallest absolute Gasteiger partial charge is 0.0900 e. The first-order valence-corrected chi connectivity index (χ1v) is 6.51. The van der Waals surface area contributed by atoms with Crippen LogP contribution in [0.5, 0.6) is 0 Å². The van der Waals surface area contributed by atoms with E-state index in [2.05, 4.69) is 17.1 Å². The van der Waals surface area contributed by atoms with E-state index < -0.39 is 0 Å². The third-order valence-corrected chi connectivity index (χ3v) is 2.85. The average molecular weight is 230 g/mol. The van der Waals surface area contributed by atoms with Crippen LogP contribution in [0.2, 0.25) is 0 Å². The first-order chi connectivity index (χ1) is 7.83. The zero-order valence-electron chi connectivity index (χ0n) is 10.5. The number of ether oxygens (including phenoxy) is 1. The third-order valence-electron chi connectivity index (χ3n) is 2.85. The number of β-amino-alcohol motifs (C(OH)–C–C–N with tert-alkyl or cyclic N) is 1. The number of aliphatic hydroxyl groups is 1. The molecule has 0 radical (unpaired) electrons. The maximum absolute atomic E-state index is 9.81. The second kappa shape index (κ2) is 8.93. The van der Waals surface area contributed by atoms with Crippen LogP contribution < -0.4 is 5.32 Å². The van der Waals surface area contributed by atoms with Crippen molar-refractivity contribution in [1.29, 1.82) is 0 Å². The van der Waals surface area contributed by atoms with Crippen molar-refractivity contribution in [2.45, 2.75) is 32.3 Å². The minimum atomic E-state index is -0.338. The van der Waals surface area contributed by atoms with Gasteiger partial charge in [0.05, 0.1) is 12.7 Å². The minimum Gasteiger partial charge on any atom is -0.389 e. The Hall–Kier alpha value is -0.160. The molecular formula is C12H26N2O2. The van der Waals surface area contributed by atoms with Crippen LogP contribution in [-0.2, 0) is 4.74 Å². The van der Waals surface area contributed by atoms with Crippen molar-refractivity contribution in [3.05, 3.63) is 0 Å². The zero-order chi connectivity index (χ0) is 11.6. The Morgan fingerprint density at radius 3 is 3.06 bits per heavy atom. The van der Waals surface area contributed by atoms with Crippen LogP contribution >= 0.6 is 0 Å². The van der Waals surface area contributed by atoms with Crippen molar-refractivity contribution < 1.29 is 9.84 Å². The molecule has 1 unspecified atom stereocenters. The molecule has 0 saturated carbocycles. The van der Waals surface area contributed by atoms with Crippen LogP contribution in [-0.4, -0.2) is 62.0 Å². The van der Waals surface area contributed by atoms with E-state index in [1.54, 1.807) is 0 Å². The summed E-state index contributed by atoms with van der Waals surface area (Å²) in [5.74, 6) is 0. The van der Waals surface area contributed by atoms with Crippen molar-refractivity contribution in [2.24, 2.45) is 0 Å². The Labute approximate surface area is 99.0 Å². The number of hydrogen-bond acceptors (Lipinski definition) is 4. The van der Waals surface area contributed by atoms with E-state index in [1.165, 1.54) is 6.42 Å². The van der Waals surface area contributed by atoms with Gasteiger partial charge in [0, 0.05) is 26.2 Å². The fourth-order valence-electron chi connectivity index (χ4n) is 1.90. The average Bonchev–Trinajstić information content (AvgIpc) is 2.53. The van der Waals surface area contributed by atoms with Crippen LogP contribution in [0, 0.1) is 0 Å². The highest BCUT2D eigenvalue weighted by molar-refractivity contribution is 4.69. The fraction of sp³-hybridized carbons (Fsp3) is 1.00. The highest BCUT2D eigenvalue weighted by atomic mass is 16.5. The van der Waals surface area contributed by atoms with E-state index in [9.17, 15) is 5.11 Å². The van der Waals surface area contributed by atoms with Crippen LogP contribution in [0.3, 0.4) is 0 Å². The molecule has 1 saturated heterocycles. The monoisotopic (exact) mass is 230 g/mol. The molecule has 1 fully saturated rings. The molecule has 96 valence electrons. The molecule has 16 heavy (non-hydrogen) atoms. The topological polar surface area (TPSA) is 44.7 Å². The van der Waals surface area contributed by atoms with Crippen molar-refractivity contribution in [3.63, 3.8) is 0 Å². The van der Waals surface area contributed by atoms with Crippen molar-refractivity contribution >= 4 is 0 Å². The standard InChI is InChI=1S/C12H26N2O2/c1-2-3-9-16-11-12(15)10-14-7-4-5-13-6-8-14/h12-13,15H,2-11H2,1H3. The van der Waals surface area contributed by atoms with Gasteiger partial charge in [0.25, 0.3) is 0 Å². The highest BCUT2D eigenvalue weighted by Gasteiger charge is 2.13. The summed E-state index contributed by atoms with van der Waals surface area (Å²) in [6.45, 7) is 8.38. The lowest BCUT2D eigenvalue weighted by Gasteiger charge is -2.22. The van der Waals surface area contributed by atoms with Crippen LogP contribution in [0.15, 0.2) is 0 Å². The lowest BCUT2D eigenvalue weighted by Crippen LogP contribution is -2.37. The van der Waals surface area contributed by atoms with E-state index in [0.29, 0.717) is 6.61 Å². The zero-order valence-corrected chi connectivity index (χ0v) is 10.5. The van der Waals surface area contributed by atoms with E-state index in [-0.39, 0.29) is 6.10 Å². The Bertz CT molecular complexity index is 159. The van der Waals surface area contributed by atoms with Gasteiger partial charge in [-0.25, -0.2) is 0 Å². The van der Waals surface area contributed by atoms with E-state index in [0.717, 1.165) is 52.2 Å². The number of nitrogens with zero attached hydrogens (tertiary/aromatic N) is 1. The van der Waals surface area contributed by atoms with Crippen molar-refractivity contribution in [3.8, 4) is 0 Å². The SMILES string of the molecule is CCCCOCC(O)CN1CCCNCC1. The maximum atomic E-state index is 9.81. The summed E-state index contributed by atoms with van der Waals surface area (Å²) >= 11 is 0. The van der Waals surface area contributed by atoms with Gasteiger partial charge in [0.15, 0.2) is 0 Å². The molecule has 0 bridgehead atoms. The summed E-state index contributed by atoms with van der Waals surface area (Å²) in [4.78, 5) is 2.31. The molecule has 0 amide bonds. The number of hydrogen-bond donors (Lipinski definition) is 2. The highest BCUT2D eigenvalue weighted by Crippen LogP contribution is 1.99. The molecule has 0 aromatic carbocycles. The molecule has 4 nitrogen and oxygen atoms in total. The molecule has 1 rings (SSSR count). The van der Waals surface area contributed by atoms with Gasteiger partial charge in [-0.2, -0.15) is 0 Å². The van der Waals surface area contributed by atoms with Gasteiger partial charge < -0.3 is 15.2 Å². The molecule has 0 aliphatic carbocycles. The van der Waals surface area contributed by atoms with E-state index in [1.807, 2.05) is 0 Å². The van der Waals surface area contributed by atoms with Crippen LogP contribution in [0.25, 0.3) is 0 Å². The molecule has 1 heterocycles. The summed E-state index contributed by atoms with van der Waals surface area (Å²) in [6.07, 6.45) is 3.06. The number of aliphatic hydroxyl groups excluding tert-OH is 1. The molecule has 0 aromatic rings. The van der Waals surface area contributed by atoms with Gasteiger partial charge in [0.1, 0.15) is 0 Å². The van der Waals surface area contributed by atoms with Crippen LogP contribution in [0.1, 0.15) is 26.2 Å². The Balaban J connectivity index is 2.04. The van der Waals surface area contributed by atoms with Crippen molar-refractivity contribution in [1.82, 2.24) is 10.2 Å². The van der Waals surface area contributed by atoms with Gasteiger partial charge in [-0.15, -0.1) is 0 Å². The molecule has 1 atom stereocenters. The quantitative estimate of drug-likeness (QED) is 0.624. The van der Waals surface area contributed by atoms with E-state index >= 15 is 0 Å². The number of nitrogens with one attached hydrogen (secondary N) is 1. The molecular weight excluding hydrogens is 204 g/mol. The summed E-state index contributed by atoms with van der Waals surface area (Å²) in [7, 11) is 0. The molecule has 2 N–H and O–H groups in total. The van der Waals surface area contributed by atoms with Crippen LogP contribution in [0.4, 0.5) is 0 Å². The predicted octanol–water partition coefficient (Wildman–Crippen LogP) is 0.459. The maximum Gasteiger partial charge on any atom is 0.0900 e. The largest absolute Gasteiger partial charge is 0.389 e. The minimum absolute atomic E-state index is 0.338. The van der Waals surface area contributed by atoms with Gasteiger partial charge in [-0.3, -0.25) is 4.90 Å². The molecule has 0 aromatic heterocycles. The number of unbranched alkanes of at least 4 members (excludes halogenated alkanes) is 1. The second-order valence-corrected chi connectivity index (χ2v) is 4.49. The van der Waals surface area contributed by atoms with Gasteiger partial charge >= 0.3 is 0 Å². The molecule has 1 aliphatic heterocycles. The lowest BCUT2D eigenvalue weighted by molar-refractivity contribution is 0.0169.